The highest BCUT2D eigenvalue weighted by molar-refractivity contribution is 14.1. The monoisotopic (exact) mass is 213 g/mol. The van der Waals surface area contributed by atoms with Gasteiger partial charge in [0.15, 0.2) is 23.0 Å². The molecule has 0 spiro atoms. The van der Waals surface area contributed by atoms with Crippen molar-refractivity contribution in [1.29, 1.82) is 0 Å². The number of carbonyl (C=O) groups is 1. The molecule has 0 aliphatic carbocycles. The van der Waals surface area contributed by atoms with E-state index in [0.29, 0.717) is 0 Å². The second-order valence-corrected chi connectivity index (χ2v) is 1.33. The Kier molecular flexibility index (Phi) is 2.73. The Labute approximate surface area is 55.2 Å². The molecular formula is C3H4INO2. The number of rotatable bonds is 1. The average Bonchev–Trinajstić information content (AvgIpc) is 1.65. The minimum absolute atomic E-state index is 0.0746. The zero-order chi connectivity index (χ0) is 5.86. The highest BCUT2D eigenvalue weighted by atomic mass is 127. The smallest absolute Gasteiger partial charge is 0.362 e. The summed E-state index contributed by atoms with van der Waals surface area (Å²) in [6.45, 7) is 3.12. The number of halogens is 1. The Morgan fingerprint density at radius 1 is 1.86 bits per heavy atom. The number of hydrogen-bond donors (Lipinski definition) is 1. The van der Waals surface area contributed by atoms with Gasteiger partial charge in [0.05, 0.1) is 0 Å². The number of hydrogen-bond acceptors (Lipinski definition) is 3. The van der Waals surface area contributed by atoms with E-state index in [0.717, 1.165) is 0 Å². The van der Waals surface area contributed by atoms with Crippen molar-refractivity contribution < 1.29 is 7.86 Å². The largest absolute Gasteiger partial charge is 0.393 e. The first kappa shape index (κ1) is 6.74. The molecule has 0 aliphatic heterocycles. The van der Waals surface area contributed by atoms with Gasteiger partial charge in [0.25, 0.3) is 0 Å². The summed E-state index contributed by atoms with van der Waals surface area (Å²) in [7, 11) is 0. The number of carbonyl (C=O) groups excluding carboxylic acids is 1. The van der Waals surface area contributed by atoms with Gasteiger partial charge in [-0.1, -0.05) is 6.58 Å². The van der Waals surface area contributed by atoms with Crippen molar-refractivity contribution in [2.45, 2.75) is 0 Å². The molecule has 0 aromatic rings. The summed E-state index contributed by atoms with van der Waals surface area (Å²) in [6.07, 6.45) is 0. The molecule has 0 rings (SSSR count). The molecule has 0 amide bonds. The fraction of sp³-hybridized carbons (Fsp3) is 0. The lowest BCUT2D eigenvalue weighted by atomic mass is 10.5. The van der Waals surface area contributed by atoms with E-state index in [1.807, 2.05) is 0 Å². The standard InChI is InChI=1S/C3H4INO2/c1-2(5)3(6)7-4/h1,5H2. The van der Waals surface area contributed by atoms with E-state index in [4.69, 9.17) is 5.73 Å². The van der Waals surface area contributed by atoms with Gasteiger partial charge in [-0.15, -0.1) is 0 Å². The van der Waals surface area contributed by atoms with E-state index in [-0.39, 0.29) is 5.70 Å². The van der Waals surface area contributed by atoms with Gasteiger partial charge < -0.3 is 8.80 Å². The van der Waals surface area contributed by atoms with E-state index >= 15 is 0 Å². The first-order valence-corrected chi connectivity index (χ1v) is 2.34. The third kappa shape index (κ3) is 2.44. The molecule has 0 aromatic carbocycles. The third-order valence-electron chi connectivity index (χ3n) is 0.332. The molecule has 0 aromatic heterocycles. The SMILES string of the molecule is C=C(N)C(=O)OI. The molecule has 0 atom stereocenters. The summed E-state index contributed by atoms with van der Waals surface area (Å²) in [4.78, 5) is 10.1. The van der Waals surface area contributed by atoms with Crippen molar-refractivity contribution in [1.82, 2.24) is 0 Å². The molecule has 0 bridgehead atoms. The Hall–Kier alpha value is -0.260. The molecule has 0 aliphatic rings. The van der Waals surface area contributed by atoms with Crippen LogP contribution in [0.25, 0.3) is 0 Å². The van der Waals surface area contributed by atoms with Crippen LogP contribution in [-0.2, 0) is 7.86 Å². The Morgan fingerprint density at radius 2 is 2.29 bits per heavy atom. The summed E-state index contributed by atoms with van der Waals surface area (Å²) in [5.74, 6) is -0.583. The van der Waals surface area contributed by atoms with Crippen LogP contribution < -0.4 is 5.73 Å². The zero-order valence-electron chi connectivity index (χ0n) is 3.48. The lowest BCUT2D eigenvalue weighted by Gasteiger charge is -1.88. The summed E-state index contributed by atoms with van der Waals surface area (Å²) >= 11 is 1.44. The predicted molar refractivity (Wildman–Crippen MR) is 33.4 cm³/mol. The maximum absolute atomic E-state index is 10.1. The van der Waals surface area contributed by atoms with E-state index in [1.165, 1.54) is 23.0 Å². The fourth-order valence-corrected chi connectivity index (χ4v) is 0.332. The van der Waals surface area contributed by atoms with Gasteiger partial charge in [-0.2, -0.15) is 0 Å². The normalized spacial score (nSPS) is 7.57. The van der Waals surface area contributed by atoms with Crippen molar-refractivity contribution in [2.24, 2.45) is 5.73 Å². The molecule has 0 heterocycles. The zero-order valence-corrected chi connectivity index (χ0v) is 5.64. The first-order chi connectivity index (χ1) is 3.18. The van der Waals surface area contributed by atoms with Gasteiger partial charge in [0, 0.05) is 0 Å². The van der Waals surface area contributed by atoms with Crippen molar-refractivity contribution in [3.05, 3.63) is 12.3 Å². The van der Waals surface area contributed by atoms with Crippen LogP contribution in [0.2, 0.25) is 0 Å². The molecule has 0 radical (unpaired) electrons. The molecule has 2 N–H and O–H groups in total. The van der Waals surface area contributed by atoms with Crippen LogP contribution in [0.15, 0.2) is 12.3 Å². The second-order valence-electron chi connectivity index (χ2n) is 0.890. The predicted octanol–water partition coefficient (Wildman–Crippen LogP) is 0.352. The van der Waals surface area contributed by atoms with Crippen molar-refractivity contribution in [2.75, 3.05) is 0 Å². The Balaban J connectivity index is 3.58. The quantitative estimate of drug-likeness (QED) is 0.505. The van der Waals surface area contributed by atoms with Crippen LogP contribution in [-0.4, -0.2) is 5.97 Å². The van der Waals surface area contributed by atoms with Crippen molar-refractivity contribution >= 4 is 29.0 Å². The molecule has 0 unspecified atom stereocenters. The maximum Gasteiger partial charge on any atom is 0.362 e. The highest BCUT2D eigenvalue weighted by Gasteiger charge is 1.98. The average molecular weight is 213 g/mol. The van der Waals surface area contributed by atoms with Gasteiger partial charge in [-0.25, -0.2) is 4.79 Å². The molecule has 3 nitrogen and oxygen atoms in total. The van der Waals surface area contributed by atoms with Crippen LogP contribution in [0.5, 0.6) is 0 Å². The summed E-state index contributed by atoms with van der Waals surface area (Å²) in [5.41, 5.74) is 4.80. The van der Waals surface area contributed by atoms with E-state index in [1.54, 1.807) is 0 Å². The fourth-order valence-electron chi connectivity index (χ4n) is 0.0495. The van der Waals surface area contributed by atoms with Crippen LogP contribution in [0, 0.1) is 0 Å². The molecule has 4 heteroatoms. The minimum atomic E-state index is -0.583. The molecule has 0 fully saturated rings. The third-order valence-corrected chi connectivity index (χ3v) is 0.732. The summed E-state index contributed by atoms with van der Waals surface area (Å²) in [6, 6.07) is 0. The first-order valence-electron chi connectivity index (χ1n) is 1.45. The van der Waals surface area contributed by atoms with Gasteiger partial charge in [0.2, 0.25) is 0 Å². The summed E-state index contributed by atoms with van der Waals surface area (Å²) in [5, 5.41) is 0. The maximum atomic E-state index is 10.1. The second kappa shape index (κ2) is 2.84. The van der Waals surface area contributed by atoms with E-state index in [2.05, 4.69) is 9.65 Å². The van der Waals surface area contributed by atoms with Gasteiger partial charge in [0.1, 0.15) is 5.70 Å². The summed E-state index contributed by atoms with van der Waals surface area (Å²) < 4.78 is 4.12. The van der Waals surface area contributed by atoms with Crippen molar-refractivity contribution in [3.8, 4) is 0 Å². The molecule has 0 saturated heterocycles. The Bertz CT molecular complexity index is 101. The molecular weight excluding hydrogens is 209 g/mol. The molecule has 40 valence electrons. The van der Waals surface area contributed by atoms with Crippen molar-refractivity contribution in [3.63, 3.8) is 0 Å². The van der Waals surface area contributed by atoms with Gasteiger partial charge >= 0.3 is 5.97 Å². The number of nitrogens with two attached hydrogens (primary N) is 1. The van der Waals surface area contributed by atoms with Gasteiger partial charge in [-0.05, 0) is 0 Å². The highest BCUT2D eigenvalue weighted by Crippen LogP contribution is 1.90. The van der Waals surface area contributed by atoms with Crippen LogP contribution in [0.4, 0.5) is 0 Å². The Morgan fingerprint density at radius 3 is 2.29 bits per heavy atom. The lowest BCUT2D eigenvalue weighted by Crippen LogP contribution is -2.08. The lowest BCUT2D eigenvalue weighted by molar-refractivity contribution is -0.127. The van der Waals surface area contributed by atoms with Crippen LogP contribution >= 0.6 is 23.0 Å². The van der Waals surface area contributed by atoms with Gasteiger partial charge in [-0.3, -0.25) is 0 Å². The molecule has 7 heavy (non-hydrogen) atoms. The van der Waals surface area contributed by atoms with Crippen LogP contribution in [0.3, 0.4) is 0 Å². The topological polar surface area (TPSA) is 52.3 Å². The van der Waals surface area contributed by atoms with E-state index in [9.17, 15) is 4.79 Å². The van der Waals surface area contributed by atoms with Crippen LogP contribution in [0.1, 0.15) is 0 Å². The van der Waals surface area contributed by atoms with E-state index < -0.39 is 5.97 Å². The molecule has 0 saturated carbocycles. The minimum Gasteiger partial charge on any atom is -0.393 e.